The average Bonchev–Trinajstić information content (AvgIpc) is 2.84. The van der Waals surface area contributed by atoms with Crippen LogP contribution in [0.5, 0.6) is 0 Å². The fourth-order valence-electron chi connectivity index (χ4n) is 2.92. The van der Waals surface area contributed by atoms with E-state index in [9.17, 15) is 9.59 Å². The molecule has 132 valence electrons. The van der Waals surface area contributed by atoms with Crippen LogP contribution in [0.3, 0.4) is 0 Å². The third kappa shape index (κ3) is 4.98. The Kier molecular flexibility index (Phi) is 5.52. The van der Waals surface area contributed by atoms with E-state index in [-0.39, 0.29) is 17.9 Å². The van der Waals surface area contributed by atoms with E-state index in [1.165, 1.54) is 11.1 Å². The molecule has 24 heavy (non-hydrogen) atoms. The van der Waals surface area contributed by atoms with Crippen LogP contribution in [0.25, 0.3) is 0 Å². The van der Waals surface area contributed by atoms with Gasteiger partial charge in [0.05, 0.1) is 0 Å². The molecule has 1 aromatic carbocycles. The van der Waals surface area contributed by atoms with E-state index in [0.29, 0.717) is 0 Å². The Hall–Kier alpha value is -2.04. The van der Waals surface area contributed by atoms with Gasteiger partial charge in [-0.3, -0.25) is 4.79 Å². The molecule has 1 aliphatic rings. The molecule has 0 saturated heterocycles. The lowest BCUT2D eigenvalue weighted by atomic mass is 10.0. The molecule has 0 aromatic heterocycles. The molecule has 0 bridgehead atoms. The second kappa shape index (κ2) is 7.24. The Balaban J connectivity index is 1.94. The molecule has 0 aliphatic heterocycles. The first-order chi connectivity index (χ1) is 11.2. The van der Waals surface area contributed by atoms with Crippen molar-refractivity contribution >= 4 is 12.0 Å². The number of hydrogen-bond acceptors (Lipinski definition) is 3. The maximum atomic E-state index is 12.6. The van der Waals surface area contributed by atoms with E-state index in [0.717, 1.165) is 12.8 Å². The van der Waals surface area contributed by atoms with Crippen LogP contribution < -0.4 is 10.6 Å². The van der Waals surface area contributed by atoms with Crippen molar-refractivity contribution < 1.29 is 14.3 Å². The van der Waals surface area contributed by atoms with Gasteiger partial charge < -0.3 is 15.4 Å². The first-order valence-corrected chi connectivity index (χ1v) is 8.52. The summed E-state index contributed by atoms with van der Waals surface area (Å²) in [5.41, 5.74) is 1.97. The van der Waals surface area contributed by atoms with Crippen molar-refractivity contribution in [3.05, 3.63) is 35.4 Å². The van der Waals surface area contributed by atoms with Gasteiger partial charge in [0.15, 0.2) is 0 Å². The van der Waals surface area contributed by atoms with E-state index in [1.807, 2.05) is 26.0 Å². The quantitative estimate of drug-likeness (QED) is 0.891. The Morgan fingerprint density at radius 3 is 2.12 bits per heavy atom. The molecule has 1 aliphatic carbocycles. The molecule has 1 atom stereocenters. The lowest BCUT2D eigenvalue weighted by Gasteiger charge is -2.26. The molecule has 0 spiro atoms. The van der Waals surface area contributed by atoms with E-state index in [4.69, 9.17) is 4.74 Å². The molecular formula is C19H28N2O3. The summed E-state index contributed by atoms with van der Waals surface area (Å²) in [6.45, 7) is 9.21. The number of hydrogen-bond donors (Lipinski definition) is 2. The number of carbonyl (C=O) groups excluding carboxylic acids is 2. The summed E-state index contributed by atoms with van der Waals surface area (Å²) in [6, 6.07) is 7.70. The molecule has 0 fully saturated rings. The molecule has 5 nitrogen and oxygen atoms in total. The van der Waals surface area contributed by atoms with Crippen LogP contribution in [-0.4, -0.2) is 29.7 Å². The van der Waals surface area contributed by atoms with Crippen LogP contribution in [-0.2, 0) is 22.4 Å². The van der Waals surface area contributed by atoms with E-state index in [2.05, 4.69) is 22.8 Å². The molecule has 0 radical (unpaired) electrons. The van der Waals surface area contributed by atoms with Gasteiger partial charge in [0.25, 0.3) is 0 Å². The van der Waals surface area contributed by atoms with E-state index in [1.54, 1.807) is 20.8 Å². The van der Waals surface area contributed by atoms with Crippen LogP contribution in [0.2, 0.25) is 0 Å². The minimum Gasteiger partial charge on any atom is -0.444 e. The van der Waals surface area contributed by atoms with Crippen molar-refractivity contribution in [2.45, 2.75) is 65.1 Å². The Labute approximate surface area is 144 Å². The minimum atomic E-state index is -0.608. The number of rotatable bonds is 4. The fourth-order valence-corrected chi connectivity index (χ4v) is 2.92. The van der Waals surface area contributed by atoms with Crippen LogP contribution >= 0.6 is 0 Å². The molecule has 0 unspecified atom stereocenters. The highest BCUT2D eigenvalue weighted by molar-refractivity contribution is 5.86. The molecule has 2 rings (SSSR count). The average molecular weight is 332 g/mol. The van der Waals surface area contributed by atoms with Gasteiger partial charge in [-0.05, 0) is 50.7 Å². The normalized spacial score (nSPS) is 15.8. The number of fused-ring (bicyclic) bond motifs is 1. The lowest BCUT2D eigenvalue weighted by molar-refractivity contribution is -0.124. The number of alkyl carbamates (subject to hydrolysis) is 1. The highest BCUT2D eigenvalue weighted by Crippen LogP contribution is 2.22. The summed E-state index contributed by atoms with van der Waals surface area (Å²) in [5.74, 6) is -0.185. The minimum absolute atomic E-state index is 0.0266. The van der Waals surface area contributed by atoms with Gasteiger partial charge in [-0.15, -0.1) is 0 Å². The van der Waals surface area contributed by atoms with Crippen molar-refractivity contribution in [3.8, 4) is 0 Å². The third-order valence-corrected chi connectivity index (χ3v) is 4.02. The van der Waals surface area contributed by atoms with Gasteiger partial charge in [0.2, 0.25) is 5.91 Å². The number of benzene rings is 1. The van der Waals surface area contributed by atoms with Crippen LogP contribution in [0.1, 0.15) is 45.7 Å². The standard InChI is InChI=1S/C19H28N2O3/c1-12(2)16(21-18(23)24-19(3,4)5)17(22)20-15-10-13-8-6-7-9-14(13)11-15/h6-9,12,15-16H,10-11H2,1-5H3,(H,20,22)(H,21,23)/t16-/m1/s1. The molecule has 2 amide bonds. The zero-order valence-electron chi connectivity index (χ0n) is 15.2. The first kappa shape index (κ1) is 18.3. The second-order valence-electron chi connectivity index (χ2n) is 7.75. The van der Waals surface area contributed by atoms with Crippen molar-refractivity contribution in [1.29, 1.82) is 0 Å². The molecule has 1 aromatic rings. The van der Waals surface area contributed by atoms with Gasteiger partial charge in [-0.25, -0.2) is 4.79 Å². The monoisotopic (exact) mass is 332 g/mol. The Bertz CT molecular complexity index is 580. The summed E-state index contributed by atoms with van der Waals surface area (Å²) >= 11 is 0. The molecule has 2 N–H and O–H groups in total. The van der Waals surface area contributed by atoms with Crippen LogP contribution in [0, 0.1) is 5.92 Å². The summed E-state index contributed by atoms with van der Waals surface area (Å²) in [6.07, 6.45) is 1.10. The number of carbonyl (C=O) groups is 2. The van der Waals surface area contributed by atoms with Gasteiger partial charge in [-0.1, -0.05) is 38.1 Å². The van der Waals surface area contributed by atoms with Gasteiger partial charge >= 0.3 is 6.09 Å². The summed E-state index contributed by atoms with van der Waals surface area (Å²) in [5, 5.41) is 5.76. The molecule has 0 heterocycles. The van der Waals surface area contributed by atoms with Crippen LogP contribution in [0.15, 0.2) is 24.3 Å². The van der Waals surface area contributed by atoms with Crippen molar-refractivity contribution in [2.24, 2.45) is 5.92 Å². The maximum Gasteiger partial charge on any atom is 0.408 e. The Morgan fingerprint density at radius 1 is 1.12 bits per heavy atom. The Morgan fingerprint density at radius 2 is 1.67 bits per heavy atom. The lowest BCUT2D eigenvalue weighted by Crippen LogP contribution is -2.53. The smallest absolute Gasteiger partial charge is 0.408 e. The van der Waals surface area contributed by atoms with Crippen LogP contribution in [0.4, 0.5) is 4.79 Å². The van der Waals surface area contributed by atoms with Gasteiger partial charge in [0, 0.05) is 6.04 Å². The maximum absolute atomic E-state index is 12.6. The fraction of sp³-hybridized carbons (Fsp3) is 0.579. The predicted octanol–water partition coefficient (Wildman–Crippen LogP) is 2.82. The van der Waals surface area contributed by atoms with E-state index >= 15 is 0 Å². The highest BCUT2D eigenvalue weighted by Gasteiger charge is 2.30. The first-order valence-electron chi connectivity index (χ1n) is 8.52. The summed E-state index contributed by atoms with van der Waals surface area (Å²) in [7, 11) is 0. The third-order valence-electron chi connectivity index (χ3n) is 4.02. The van der Waals surface area contributed by atoms with E-state index < -0.39 is 17.7 Å². The molecular weight excluding hydrogens is 304 g/mol. The SMILES string of the molecule is CC(C)[C@@H](NC(=O)OC(C)(C)C)C(=O)NC1Cc2ccccc2C1. The van der Waals surface area contributed by atoms with Gasteiger partial charge in [-0.2, -0.15) is 0 Å². The molecule has 5 heteroatoms. The van der Waals surface area contributed by atoms with Gasteiger partial charge in [0.1, 0.15) is 11.6 Å². The highest BCUT2D eigenvalue weighted by atomic mass is 16.6. The van der Waals surface area contributed by atoms with Crippen molar-refractivity contribution in [2.75, 3.05) is 0 Å². The van der Waals surface area contributed by atoms with Crippen molar-refractivity contribution in [1.82, 2.24) is 10.6 Å². The number of amides is 2. The predicted molar refractivity (Wildman–Crippen MR) is 93.8 cm³/mol. The summed E-state index contributed by atoms with van der Waals surface area (Å²) < 4.78 is 5.26. The largest absolute Gasteiger partial charge is 0.444 e. The number of nitrogens with one attached hydrogen (secondary N) is 2. The second-order valence-corrected chi connectivity index (χ2v) is 7.75. The summed E-state index contributed by atoms with van der Waals surface area (Å²) in [4.78, 5) is 24.6. The zero-order valence-corrected chi connectivity index (χ0v) is 15.2. The van der Waals surface area contributed by atoms with Crippen molar-refractivity contribution in [3.63, 3.8) is 0 Å². The zero-order chi connectivity index (χ0) is 17.9. The topological polar surface area (TPSA) is 67.4 Å². The number of ether oxygens (including phenoxy) is 1. The molecule has 0 saturated carbocycles.